The van der Waals surface area contributed by atoms with Crippen molar-refractivity contribution in [2.45, 2.75) is 18.5 Å². The number of carbonyl (C=O) groups excluding carboxylic acids is 1. The van der Waals surface area contributed by atoms with Gasteiger partial charge in [0.1, 0.15) is 5.82 Å². The van der Waals surface area contributed by atoms with Crippen LogP contribution >= 0.6 is 50.9 Å². The number of fused-ring (bicyclic) bond motifs is 1. The Morgan fingerprint density at radius 2 is 1.93 bits per heavy atom. The molecule has 0 bridgehead atoms. The number of benzene rings is 2. The molecule has 0 unspecified atom stereocenters. The Kier molecular flexibility index (Phi) is 6.01. The van der Waals surface area contributed by atoms with Crippen LogP contribution < -0.4 is 5.43 Å². The number of hydrogen-bond acceptors (Lipinski definition) is 3. The first-order valence-electron chi connectivity index (χ1n) is 7.79. The van der Waals surface area contributed by atoms with E-state index in [-0.39, 0.29) is 33.3 Å². The molecule has 0 fully saturated rings. The molecule has 27 heavy (non-hydrogen) atoms. The van der Waals surface area contributed by atoms with E-state index in [1.165, 1.54) is 30.8 Å². The van der Waals surface area contributed by atoms with Crippen molar-refractivity contribution in [1.82, 2.24) is 4.57 Å². The van der Waals surface area contributed by atoms with Crippen LogP contribution in [0.15, 0.2) is 44.6 Å². The van der Waals surface area contributed by atoms with E-state index in [0.29, 0.717) is 15.0 Å². The van der Waals surface area contributed by atoms with Crippen LogP contribution in [-0.4, -0.2) is 16.6 Å². The number of ketones is 1. The monoisotopic (exact) mass is 487 g/mol. The van der Waals surface area contributed by atoms with Crippen LogP contribution in [0.25, 0.3) is 10.9 Å². The van der Waals surface area contributed by atoms with Crippen molar-refractivity contribution in [3.63, 3.8) is 0 Å². The van der Waals surface area contributed by atoms with E-state index >= 15 is 0 Å². The smallest absolute Gasteiger partial charge is 0.202 e. The molecule has 3 rings (SSSR count). The Balaban J connectivity index is 2.43. The average Bonchev–Trinajstić information content (AvgIpc) is 2.61. The second-order valence-electron chi connectivity index (χ2n) is 5.86. The summed E-state index contributed by atoms with van der Waals surface area (Å²) in [5.41, 5.74) is 0.982. The van der Waals surface area contributed by atoms with Crippen LogP contribution in [-0.2, 0) is 6.54 Å². The van der Waals surface area contributed by atoms with Gasteiger partial charge in [0.05, 0.1) is 31.5 Å². The SMILES string of the molecule is CSc1c(C(C)=O)c(=O)c2c(Cl)ccc(Br)c2n1Cc1ccc(F)c(Cl)c1. The summed E-state index contributed by atoms with van der Waals surface area (Å²) in [7, 11) is 0. The van der Waals surface area contributed by atoms with Crippen LogP contribution in [0.1, 0.15) is 22.8 Å². The molecule has 0 spiro atoms. The average molecular weight is 489 g/mol. The molecule has 140 valence electrons. The first-order valence-corrected chi connectivity index (χ1v) is 10.6. The minimum atomic E-state index is -0.510. The molecule has 0 amide bonds. The minimum Gasteiger partial charge on any atom is -0.329 e. The zero-order chi connectivity index (χ0) is 19.9. The molecule has 0 atom stereocenters. The Morgan fingerprint density at radius 3 is 2.52 bits per heavy atom. The van der Waals surface area contributed by atoms with Crippen molar-refractivity contribution in [3.05, 3.63) is 72.0 Å². The third-order valence-electron chi connectivity index (χ3n) is 4.13. The predicted octanol–water partition coefficient (Wildman–Crippen LogP) is 6.18. The first kappa shape index (κ1) is 20.4. The van der Waals surface area contributed by atoms with E-state index in [0.717, 1.165) is 5.56 Å². The third kappa shape index (κ3) is 3.68. The molecule has 0 aliphatic carbocycles. The number of nitrogens with zero attached hydrogens (tertiary/aromatic N) is 1. The molecule has 1 aromatic heterocycles. The van der Waals surface area contributed by atoms with Gasteiger partial charge in [-0.2, -0.15) is 0 Å². The van der Waals surface area contributed by atoms with Crippen molar-refractivity contribution in [2.75, 3.05) is 6.26 Å². The van der Waals surface area contributed by atoms with Gasteiger partial charge in [0.15, 0.2) is 5.78 Å². The Labute approximate surface area is 177 Å². The Hall–Kier alpha value is -1.34. The number of pyridine rings is 1. The van der Waals surface area contributed by atoms with Gasteiger partial charge in [-0.05, 0) is 58.9 Å². The highest BCUT2D eigenvalue weighted by Crippen LogP contribution is 2.33. The third-order valence-corrected chi connectivity index (χ3v) is 6.19. The predicted molar refractivity (Wildman–Crippen MR) is 113 cm³/mol. The summed E-state index contributed by atoms with van der Waals surface area (Å²) in [6, 6.07) is 7.78. The summed E-state index contributed by atoms with van der Waals surface area (Å²) < 4.78 is 16.0. The van der Waals surface area contributed by atoms with E-state index in [9.17, 15) is 14.0 Å². The number of Topliss-reactive ketones (excluding diaryl/α,β-unsaturated/α-hetero) is 1. The molecule has 0 aliphatic rings. The van der Waals surface area contributed by atoms with E-state index in [1.54, 1.807) is 24.5 Å². The van der Waals surface area contributed by atoms with Gasteiger partial charge in [-0.1, -0.05) is 29.3 Å². The normalized spacial score (nSPS) is 11.2. The quantitative estimate of drug-likeness (QED) is 0.325. The van der Waals surface area contributed by atoms with Gasteiger partial charge in [0, 0.05) is 11.0 Å². The van der Waals surface area contributed by atoms with Crippen LogP contribution in [0.4, 0.5) is 4.39 Å². The first-order chi connectivity index (χ1) is 12.8. The van der Waals surface area contributed by atoms with Crippen molar-refractivity contribution < 1.29 is 9.18 Å². The van der Waals surface area contributed by atoms with Crippen molar-refractivity contribution in [1.29, 1.82) is 0 Å². The van der Waals surface area contributed by atoms with E-state index in [2.05, 4.69) is 15.9 Å². The molecule has 0 radical (unpaired) electrons. The molecular formula is C19H13BrCl2FNO2S. The number of halogens is 4. The lowest BCUT2D eigenvalue weighted by Gasteiger charge is -2.20. The second kappa shape index (κ2) is 7.95. The lowest BCUT2D eigenvalue weighted by molar-refractivity contribution is 0.101. The van der Waals surface area contributed by atoms with E-state index in [1.807, 2.05) is 4.57 Å². The summed E-state index contributed by atoms with van der Waals surface area (Å²) in [6.07, 6.45) is 1.79. The van der Waals surface area contributed by atoms with Gasteiger partial charge < -0.3 is 4.57 Å². The van der Waals surface area contributed by atoms with Crippen molar-refractivity contribution >= 4 is 67.6 Å². The van der Waals surface area contributed by atoms with Crippen molar-refractivity contribution in [3.8, 4) is 0 Å². The Bertz CT molecular complexity index is 1150. The molecule has 3 nitrogen and oxygen atoms in total. The Morgan fingerprint density at radius 1 is 1.22 bits per heavy atom. The number of thioether (sulfide) groups is 1. The minimum absolute atomic E-state index is 0.00689. The van der Waals surface area contributed by atoms with Crippen LogP contribution in [0.2, 0.25) is 10.0 Å². The van der Waals surface area contributed by atoms with Crippen LogP contribution in [0.5, 0.6) is 0 Å². The number of carbonyl (C=O) groups is 1. The fourth-order valence-electron chi connectivity index (χ4n) is 2.97. The standard InChI is InChI=1S/C19H13BrCl2FNO2S/c1-9(25)15-18(26)16-12(21)5-4-11(20)17(16)24(19(15)27-2)8-10-3-6-14(23)13(22)7-10/h3-7H,8H2,1-2H3. The van der Waals surface area contributed by atoms with Crippen LogP contribution in [0.3, 0.4) is 0 Å². The number of rotatable bonds is 4. The number of aromatic nitrogens is 1. The lowest BCUT2D eigenvalue weighted by atomic mass is 10.1. The zero-order valence-electron chi connectivity index (χ0n) is 14.3. The van der Waals surface area contributed by atoms with Crippen LogP contribution in [0, 0.1) is 5.82 Å². The molecular weight excluding hydrogens is 476 g/mol. The van der Waals surface area contributed by atoms with Gasteiger partial charge in [0.25, 0.3) is 0 Å². The topological polar surface area (TPSA) is 39.1 Å². The fourth-order valence-corrected chi connectivity index (χ4v) is 4.78. The van der Waals surface area contributed by atoms with Gasteiger partial charge in [-0.3, -0.25) is 9.59 Å². The summed E-state index contributed by atoms with van der Waals surface area (Å²) in [6.45, 7) is 1.64. The highest BCUT2D eigenvalue weighted by atomic mass is 79.9. The highest BCUT2D eigenvalue weighted by molar-refractivity contribution is 9.10. The molecule has 8 heteroatoms. The fraction of sp³-hybridized carbons (Fsp3) is 0.158. The largest absolute Gasteiger partial charge is 0.329 e. The second-order valence-corrected chi connectivity index (χ2v) is 8.32. The number of hydrogen-bond donors (Lipinski definition) is 0. The molecule has 2 aromatic carbocycles. The van der Waals surface area contributed by atoms with Gasteiger partial charge in [-0.25, -0.2) is 4.39 Å². The molecule has 3 aromatic rings. The molecule has 0 N–H and O–H groups in total. The zero-order valence-corrected chi connectivity index (χ0v) is 18.2. The maximum Gasteiger partial charge on any atom is 0.202 e. The lowest BCUT2D eigenvalue weighted by Crippen LogP contribution is -2.22. The molecule has 1 heterocycles. The van der Waals surface area contributed by atoms with Crippen molar-refractivity contribution in [2.24, 2.45) is 0 Å². The summed E-state index contributed by atoms with van der Waals surface area (Å²) in [5.74, 6) is -0.850. The maximum atomic E-state index is 13.5. The van der Waals surface area contributed by atoms with Gasteiger partial charge in [0.2, 0.25) is 5.43 Å². The molecule has 0 saturated carbocycles. The molecule has 0 aliphatic heterocycles. The highest BCUT2D eigenvalue weighted by Gasteiger charge is 2.23. The van der Waals surface area contributed by atoms with Gasteiger partial charge >= 0.3 is 0 Å². The summed E-state index contributed by atoms with van der Waals surface area (Å²) in [4.78, 5) is 25.2. The summed E-state index contributed by atoms with van der Waals surface area (Å²) in [5, 5.41) is 1.05. The molecule has 0 saturated heterocycles. The maximum absolute atomic E-state index is 13.5. The van der Waals surface area contributed by atoms with Gasteiger partial charge in [-0.15, -0.1) is 11.8 Å². The van der Waals surface area contributed by atoms with E-state index in [4.69, 9.17) is 23.2 Å². The van der Waals surface area contributed by atoms with E-state index < -0.39 is 11.2 Å². The summed E-state index contributed by atoms with van der Waals surface area (Å²) >= 11 is 17.0.